The van der Waals surface area contributed by atoms with Gasteiger partial charge in [0.1, 0.15) is 0 Å². The quantitative estimate of drug-likeness (QED) is 0.704. The van der Waals surface area contributed by atoms with Crippen molar-refractivity contribution in [3.63, 3.8) is 0 Å². The number of nitrogens with one attached hydrogen (secondary N) is 1. The summed E-state index contributed by atoms with van der Waals surface area (Å²) in [7, 11) is 0. The molecule has 3 atom stereocenters. The van der Waals surface area contributed by atoms with Crippen LogP contribution in [0, 0.1) is 5.92 Å². The van der Waals surface area contributed by atoms with Crippen molar-refractivity contribution in [2.75, 3.05) is 12.8 Å². The Labute approximate surface area is 168 Å². The first-order valence-electron chi connectivity index (χ1n) is 9.31. The Morgan fingerprint density at radius 2 is 2.00 bits per heavy atom. The summed E-state index contributed by atoms with van der Waals surface area (Å²) in [5.74, 6) is 0.673. The van der Waals surface area contributed by atoms with Gasteiger partial charge < -0.3 is 5.32 Å². The van der Waals surface area contributed by atoms with Gasteiger partial charge in [0.2, 0.25) is 0 Å². The molecule has 2 aromatic rings. The highest BCUT2D eigenvalue weighted by atomic mass is 32.2. The lowest BCUT2D eigenvalue weighted by molar-refractivity contribution is -0.137. The van der Waals surface area contributed by atoms with Gasteiger partial charge >= 0.3 is 6.18 Å². The van der Waals surface area contributed by atoms with Crippen molar-refractivity contribution in [2.45, 2.75) is 45.1 Å². The van der Waals surface area contributed by atoms with Crippen molar-refractivity contribution in [3.05, 3.63) is 47.9 Å². The van der Waals surface area contributed by atoms with Crippen LogP contribution in [0.4, 0.5) is 13.2 Å². The third-order valence-corrected chi connectivity index (χ3v) is 6.38. The molecule has 1 aliphatic rings. The first kappa shape index (κ1) is 21.1. The van der Waals surface area contributed by atoms with Crippen molar-refractivity contribution >= 4 is 11.9 Å². The molecule has 3 rings (SSSR count). The standard InChI is InChI=1S/C20H25F3N4S/c1-13-8-18(27(28-3)14(13)2)12-24-11-17-9-15(6-7-25-17)19-5-4-16(10-26-19)20(21,22)23/h4-7,9-10,13-14,18,24H,8,11-12H2,1-3H3/t13-,14-,18?/m1/s1. The van der Waals surface area contributed by atoms with Crippen LogP contribution >= 0.6 is 11.9 Å². The van der Waals surface area contributed by atoms with Crippen molar-refractivity contribution in [1.82, 2.24) is 19.6 Å². The van der Waals surface area contributed by atoms with E-state index in [9.17, 15) is 13.2 Å². The van der Waals surface area contributed by atoms with E-state index in [0.717, 1.165) is 36.5 Å². The van der Waals surface area contributed by atoms with Crippen molar-refractivity contribution in [1.29, 1.82) is 0 Å². The SMILES string of the molecule is CSN1C(CNCc2cc(-c3ccc(C(F)(F)F)cn3)ccn2)C[C@@H](C)[C@H]1C. The molecule has 1 aliphatic heterocycles. The van der Waals surface area contributed by atoms with Crippen LogP contribution in [0.25, 0.3) is 11.3 Å². The van der Waals surface area contributed by atoms with Gasteiger partial charge in [-0.3, -0.25) is 9.97 Å². The number of hydrogen-bond donors (Lipinski definition) is 1. The highest BCUT2D eigenvalue weighted by Gasteiger charge is 2.35. The van der Waals surface area contributed by atoms with Gasteiger partial charge in [0.25, 0.3) is 0 Å². The fourth-order valence-electron chi connectivity index (χ4n) is 3.64. The minimum absolute atomic E-state index is 0.486. The van der Waals surface area contributed by atoms with Crippen LogP contribution in [0.5, 0.6) is 0 Å². The lowest BCUT2D eigenvalue weighted by Gasteiger charge is -2.26. The molecule has 1 unspecified atom stereocenters. The van der Waals surface area contributed by atoms with Crippen LogP contribution < -0.4 is 5.32 Å². The second-order valence-corrected chi connectivity index (χ2v) is 8.03. The van der Waals surface area contributed by atoms with Crippen LogP contribution in [0.15, 0.2) is 36.7 Å². The maximum Gasteiger partial charge on any atom is 0.417 e. The Bertz CT molecular complexity index is 782. The average molecular weight is 411 g/mol. The summed E-state index contributed by atoms with van der Waals surface area (Å²) in [6.07, 6.45) is 1.44. The molecule has 0 bridgehead atoms. The topological polar surface area (TPSA) is 41.0 Å². The summed E-state index contributed by atoms with van der Waals surface area (Å²) in [6.45, 7) is 6.04. The number of nitrogens with zero attached hydrogens (tertiary/aromatic N) is 3. The normalized spacial score (nSPS) is 23.3. The molecule has 1 fully saturated rings. The minimum atomic E-state index is -4.38. The zero-order chi connectivity index (χ0) is 20.3. The monoisotopic (exact) mass is 410 g/mol. The van der Waals surface area contributed by atoms with E-state index in [-0.39, 0.29) is 0 Å². The molecule has 1 saturated heterocycles. The van der Waals surface area contributed by atoms with Gasteiger partial charge in [-0.25, -0.2) is 4.31 Å². The minimum Gasteiger partial charge on any atom is -0.310 e. The fourth-order valence-corrected chi connectivity index (χ4v) is 4.63. The van der Waals surface area contributed by atoms with Gasteiger partial charge in [-0.05, 0) is 49.8 Å². The van der Waals surface area contributed by atoms with Gasteiger partial charge in [-0.2, -0.15) is 13.2 Å². The van der Waals surface area contributed by atoms with E-state index in [1.807, 2.05) is 6.07 Å². The summed E-state index contributed by atoms with van der Waals surface area (Å²) in [5.41, 5.74) is 1.36. The Hall–Kier alpha value is -1.64. The summed E-state index contributed by atoms with van der Waals surface area (Å²) in [5, 5.41) is 3.47. The summed E-state index contributed by atoms with van der Waals surface area (Å²) in [6, 6.07) is 7.13. The predicted octanol–water partition coefficient (Wildman–Crippen LogP) is 4.63. The van der Waals surface area contributed by atoms with Gasteiger partial charge in [-0.1, -0.05) is 18.9 Å². The predicted molar refractivity (Wildman–Crippen MR) is 107 cm³/mol. The van der Waals surface area contributed by atoms with Crippen LogP contribution in [-0.4, -0.2) is 39.2 Å². The molecular formula is C20H25F3N4S. The van der Waals surface area contributed by atoms with E-state index in [4.69, 9.17) is 0 Å². The fraction of sp³-hybridized carbons (Fsp3) is 0.500. The average Bonchev–Trinajstić information content (AvgIpc) is 2.94. The number of hydrogen-bond acceptors (Lipinski definition) is 5. The zero-order valence-corrected chi connectivity index (χ0v) is 17.0. The van der Waals surface area contributed by atoms with E-state index in [2.05, 4.69) is 39.7 Å². The Morgan fingerprint density at radius 3 is 2.64 bits per heavy atom. The molecule has 1 N–H and O–H groups in total. The van der Waals surface area contributed by atoms with Crippen molar-refractivity contribution < 1.29 is 13.2 Å². The molecule has 28 heavy (non-hydrogen) atoms. The number of pyridine rings is 2. The van der Waals surface area contributed by atoms with E-state index in [0.29, 0.717) is 30.2 Å². The molecule has 0 saturated carbocycles. The number of rotatable bonds is 6. The van der Waals surface area contributed by atoms with Gasteiger partial charge in [0.05, 0.1) is 17.0 Å². The summed E-state index contributed by atoms with van der Waals surface area (Å²) in [4.78, 5) is 8.33. The maximum absolute atomic E-state index is 12.7. The molecule has 3 heterocycles. The molecule has 2 aromatic heterocycles. The smallest absolute Gasteiger partial charge is 0.310 e. The molecule has 152 valence electrons. The van der Waals surface area contributed by atoms with E-state index < -0.39 is 11.7 Å². The van der Waals surface area contributed by atoms with Crippen molar-refractivity contribution in [2.24, 2.45) is 5.92 Å². The number of halogens is 3. The summed E-state index contributed by atoms with van der Waals surface area (Å²) < 4.78 is 40.5. The molecular weight excluding hydrogens is 385 g/mol. The van der Waals surface area contributed by atoms with Crippen LogP contribution in [-0.2, 0) is 12.7 Å². The molecule has 0 aliphatic carbocycles. The Balaban J connectivity index is 1.61. The Morgan fingerprint density at radius 1 is 1.21 bits per heavy atom. The lowest BCUT2D eigenvalue weighted by Crippen LogP contribution is -2.36. The molecule has 0 radical (unpaired) electrons. The third kappa shape index (κ3) is 4.85. The maximum atomic E-state index is 12.7. The van der Waals surface area contributed by atoms with E-state index >= 15 is 0 Å². The molecule has 4 nitrogen and oxygen atoms in total. The first-order valence-corrected chi connectivity index (χ1v) is 10.5. The molecule has 0 aromatic carbocycles. The molecule has 8 heteroatoms. The van der Waals surface area contributed by atoms with Crippen LogP contribution in [0.3, 0.4) is 0 Å². The van der Waals surface area contributed by atoms with Crippen LogP contribution in [0.1, 0.15) is 31.5 Å². The summed E-state index contributed by atoms with van der Waals surface area (Å²) >= 11 is 1.79. The number of alkyl halides is 3. The van der Waals surface area contributed by atoms with E-state index in [1.165, 1.54) is 6.07 Å². The molecule has 0 amide bonds. The third-order valence-electron chi connectivity index (χ3n) is 5.33. The van der Waals surface area contributed by atoms with E-state index in [1.54, 1.807) is 24.2 Å². The zero-order valence-electron chi connectivity index (χ0n) is 16.2. The second-order valence-electron chi connectivity index (χ2n) is 7.25. The molecule has 0 spiro atoms. The second kappa shape index (κ2) is 8.80. The van der Waals surface area contributed by atoms with Crippen LogP contribution in [0.2, 0.25) is 0 Å². The van der Waals surface area contributed by atoms with Gasteiger partial charge in [0, 0.05) is 43.1 Å². The van der Waals surface area contributed by atoms with Gasteiger partial charge in [-0.15, -0.1) is 0 Å². The largest absolute Gasteiger partial charge is 0.417 e. The lowest BCUT2D eigenvalue weighted by atomic mass is 10.0. The first-order chi connectivity index (χ1) is 13.3. The number of aromatic nitrogens is 2. The van der Waals surface area contributed by atoms with Gasteiger partial charge in [0.15, 0.2) is 0 Å². The van der Waals surface area contributed by atoms with Crippen molar-refractivity contribution in [3.8, 4) is 11.3 Å². The Kier molecular flexibility index (Phi) is 6.62. The highest BCUT2D eigenvalue weighted by molar-refractivity contribution is 7.96. The highest BCUT2D eigenvalue weighted by Crippen LogP contribution is 2.33.